The quantitative estimate of drug-likeness (QED) is 0.717. The topological polar surface area (TPSA) is 75.0 Å². The van der Waals surface area contributed by atoms with Crippen LogP contribution in [0, 0.1) is 0 Å². The molecule has 1 atom stereocenters. The lowest BCUT2D eigenvalue weighted by atomic mass is 10.2. The number of aromatic amines is 1. The Morgan fingerprint density at radius 2 is 2.50 bits per heavy atom. The van der Waals surface area contributed by atoms with Crippen molar-refractivity contribution in [2.24, 2.45) is 5.73 Å². The molecule has 5 heteroatoms. The van der Waals surface area contributed by atoms with Gasteiger partial charge in [-0.3, -0.25) is 9.89 Å². The fraction of sp³-hybridized carbons (Fsp3) is 0.556. The summed E-state index contributed by atoms with van der Waals surface area (Å²) in [4.78, 5) is 13.2. The highest BCUT2D eigenvalue weighted by molar-refractivity contribution is 5.81. The SMILES string of the molecule is CC[C@@H](N)C(=O)N(C)Cc1cn[nH]c1. The molecule has 1 amide bonds. The van der Waals surface area contributed by atoms with Gasteiger partial charge in [0.1, 0.15) is 0 Å². The summed E-state index contributed by atoms with van der Waals surface area (Å²) in [5, 5.41) is 6.50. The summed E-state index contributed by atoms with van der Waals surface area (Å²) in [5.41, 5.74) is 6.61. The van der Waals surface area contributed by atoms with Gasteiger partial charge < -0.3 is 10.6 Å². The number of hydrogen-bond acceptors (Lipinski definition) is 3. The number of amides is 1. The molecule has 78 valence electrons. The average molecular weight is 196 g/mol. The van der Waals surface area contributed by atoms with E-state index in [1.165, 1.54) is 0 Å². The Balaban J connectivity index is 2.50. The molecular formula is C9H16N4O. The third kappa shape index (κ3) is 2.56. The molecule has 1 heterocycles. The molecule has 0 unspecified atom stereocenters. The van der Waals surface area contributed by atoms with Crippen LogP contribution in [0.1, 0.15) is 18.9 Å². The van der Waals surface area contributed by atoms with Gasteiger partial charge in [0.25, 0.3) is 0 Å². The van der Waals surface area contributed by atoms with E-state index in [1.807, 2.05) is 6.92 Å². The molecule has 0 fully saturated rings. The number of carbonyl (C=O) groups is 1. The van der Waals surface area contributed by atoms with Crippen molar-refractivity contribution in [1.82, 2.24) is 15.1 Å². The molecule has 0 saturated carbocycles. The monoisotopic (exact) mass is 196 g/mol. The fourth-order valence-corrected chi connectivity index (χ4v) is 1.17. The first-order chi connectivity index (χ1) is 6.65. The van der Waals surface area contributed by atoms with Gasteiger partial charge in [0.2, 0.25) is 5.91 Å². The van der Waals surface area contributed by atoms with Crippen LogP contribution >= 0.6 is 0 Å². The number of nitrogens with one attached hydrogen (secondary N) is 1. The van der Waals surface area contributed by atoms with Gasteiger partial charge in [-0.15, -0.1) is 0 Å². The van der Waals surface area contributed by atoms with Gasteiger partial charge in [0, 0.05) is 25.4 Å². The minimum absolute atomic E-state index is 0.0336. The van der Waals surface area contributed by atoms with Crippen molar-refractivity contribution in [2.45, 2.75) is 25.9 Å². The molecule has 14 heavy (non-hydrogen) atoms. The lowest BCUT2D eigenvalue weighted by Crippen LogP contribution is -2.40. The predicted molar refractivity (Wildman–Crippen MR) is 53.3 cm³/mol. The maximum atomic E-state index is 11.6. The van der Waals surface area contributed by atoms with Crippen molar-refractivity contribution >= 4 is 5.91 Å². The van der Waals surface area contributed by atoms with E-state index < -0.39 is 6.04 Å². The summed E-state index contributed by atoms with van der Waals surface area (Å²) in [6, 6.07) is -0.396. The van der Waals surface area contributed by atoms with Crippen LogP contribution in [0.25, 0.3) is 0 Å². The second kappa shape index (κ2) is 4.76. The maximum absolute atomic E-state index is 11.6. The standard InChI is InChI=1S/C9H16N4O/c1-3-8(10)9(14)13(2)6-7-4-11-12-5-7/h4-5,8H,3,6,10H2,1-2H3,(H,11,12)/t8-/m1/s1. The van der Waals surface area contributed by atoms with Crippen molar-refractivity contribution in [2.75, 3.05) is 7.05 Å². The minimum atomic E-state index is -0.396. The van der Waals surface area contributed by atoms with Gasteiger partial charge >= 0.3 is 0 Å². The first-order valence-electron chi connectivity index (χ1n) is 4.63. The number of nitrogens with two attached hydrogens (primary N) is 1. The molecule has 0 aliphatic rings. The molecule has 0 spiro atoms. The zero-order chi connectivity index (χ0) is 10.6. The minimum Gasteiger partial charge on any atom is -0.340 e. The summed E-state index contributed by atoms with van der Waals surface area (Å²) >= 11 is 0. The Bertz CT molecular complexity index is 283. The third-order valence-electron chi connectivity index (χ3n) is 2.11. The molecule has 0 aliphatic heterocycles. The molecule has 5 nitrogen and oxygen atoms in total. The number of carbonyl (C=O) groups excluding carboxylic acids is 1. The predicted octanol–water partition coefficient (Wildman–Crippen LogP) is 0.105. The van der Waals surface area contributed by atoms with Gasteiger partial charge in [0.15, 0.2) is 0 Å². The average Bonchev–Trinajstić information content (AvgIpc) is 2.68. The van der Waals surface area contributed by atoms with Crippen molar-refractivity contribution in [3.63, 3.8) is 0 Å². The number of hydrogen-bond donors (Lipinski definition) is 2. The second-order valence-electron chi connectivity index (χ2n) is 3.32. The van der Waals surface area contributed by atoms with Gasteiger partial charge in [-0.05, 0) is 6.42 Å². The number of aromatic nitrogens is 2. The number of nitrogens with zero attached hydrogens (tertiary/aromatic N) is 2. The smallest absolute Gasteiger partial charge is 0.239 e. The lowest BCUT2D eigenvalue weighted by Gasteiger charge is -2.19. The van der Waals surface area contributed by atoms with Crippen LogP contribution in [0.3, 0.4) is 0 Å². The number of likely N-dealkylation sites (N-methyl/N-ethyl adjacent to an activating group) is 1. The first kappa shape index (κ1) is 10.7. The Morgan fingerprint density at radius 1 is 1.79 bits per heavy atom. The second-order valence-corrected chi connectivity index (χ2v) is 3.32. The zero-order valence-corrected chi connectivity index (χ0v) is 8.53. The van der Waals surface area contributed by atoms with Gasteiger partial charge in [-0.25, -0.2) is 0 Å². The van der Waals surface area contributed by atoms with Crippen LogP contribution < -0.4 is 5.73 Å². The summed E-state index contributed by atoms with van der Waals surface area (Å²) in [6.07, 6.45) is 4.12. The Labute approximate surface area is 83.3 Å². The summed E-state index contributed by atoms with van der Waals surface area (Å²) in [6.45, 7) is 2.44. The molecule has 0 bridgehead atoms. The van der Waals surface area contributed by atoms with Crippen LogP contribution in [-0.4, -0.2) is 34.1 Å². The third-order valence-corrected chi connectivity index (χ3v) is 2.11. The molecule has 0 aromatic carbocycles. The van der Waals surface area contributed by atoms with Crippen molar-refractivity contribution < 1.29 is 4.79 Å². The molecule has 0 radical (unpaired) electrons. The van der Waals surface area contributed by atoms with Crippen LogP contribution in [0.2, 0.25) is 0 Å². The molecule has 1 aromatic heterocycles. The zero-order valence-electron chi connectivity index (χ0n) is 8.53. The van der Waals surface area contributed by atoms with E-state index in [1.54, 1.807) is 24.3 Å². The summed E-state index contributed by atoms with van der Waals surface area (Å²) < 4.78 is 0. The van der Waals surface area contributed by atoms with Crippen molar-refractivity contribution in [3.8, 4) is 0 Å². The van der Waals surface area contributed by atoms with Gasteiger partial charge in [0.05, 0.1) is 12.2 Å². The van der Waals surface area contributed by atoms with E-state index >= 15 is 0 Å². The van der Waals surface area contributed by atoms with Crippen LogP contribution in [0.5, 0.6) is 0 Å². The Kier molecular flexibility index (Phi) is 3.64. The lowest BCUT2D eigenvalue weighted by molar-refractivity contribution is -0.131. The highest BCUT2D eigenvalue weighted by Gasteiger charge is 2.16. The van der Waals surface area contributed by atoms with E-state index in [4.69, 9.17) is 5.73 Å². The van der Waals surface area contributed by atoms with E-state index in [2.05, 4.69) is 10.2 Å². The highest BCUT2D eigenvalue weighted by atomic mass is 16.2. The molecule has 1 rings (SSSR count). The molecular weight excluding hydrogens is 180 g/mol. The summed E-state index contributed by atoms with van der Waals surface area (Å²) in [7, 11) is 1.74. The molecule has 1 aromatic rings. The van der Waals surface area contributed by atoms with E-state index in [9.17, 15) is 4.79 Å². The first-order valence-corrected chi connectivity index (χ1v) is 4.63. The van der Waals surface area contributed by atoms with E-state index in [0.29, 0.717) is 13.0 Å². The normalized spacial score (nSPS) is 12.5. The van der Waals surface area contributed by atoms with Crippen LogP contribution in [0.4, 0.5) is 0 Å². The fourth-order valence-electron chi connectivity index (χ4n) is 1.17. The van der Waals surface area contributed by atoms with E-state index in [0.717, 1.165) is 5.56 Å². The molecule has 3 N–H and O–H groups in total. The number of rotatable bonds is 4. The largest absolute Gasteiger partial charge is 0.340 e. The van der Waals surface area contributed by atoms with Crippen molar-refractivity contribution in [3.05, 3.63) is 18.0 Å². The molecule has 0 saturated heterocycles. The van der Waals surface area contributed by atoms with Gasteiger partial charge in [-0.1, -0.05) is 6.92 Å². The van der Waals surface area contributed by atoms with E-state index in [-0.39, 0.29) is 5.91 Å². The van der Waals surface area contributed by atoms with Gasteiger partial charge in [-0.2, -0.15) is 5.10 Å². The Hall–Kier alpha value is -1.36. The highest BCUT2D eigenvalue weighted by Crippen LogP contribution is 2.02. The number of H-pyrrole nitrogens is 1. The van der Waals surface area contributed by atoms with Crippen molar-refractivity contribution in [1.29, 1.82) is 0 Å². The van der Waals surface area contributed by atoms with Crippen LogP contribution in [0.15, 0.2) is 12.4 Å². The Morgan fingerprint density at radius 3 is 3.00 bits per heavy atom. The van der Waals surface area contributed by atoms with Crippen LogP contribution in [-0.2, 0) is 11.3 Å². The summed E-state index contributed by atoms with van der Waals surface area (Å²) in [5.74, 6) is -0.0336. The maximum Gasteiger partial charge on any atom is 0.239 e. The molecule has 0 aliphatic carbocycles.